The molecule has 1 saturated carbocycles. The first-order valence-electron chi connectivity index (χ1n) is 10.4. The van der Waals surface area contributed by atoms with Crippen molar-refractivity contribution in [3.63, 3.8) is 0 Å². The number of methoxy groups -OCH3 is 2. The molecule has 2 heterocycles. The topological polar surface area (TPSA) is 54.9 Å². The van der Waals surface area contributed by atoms with Crippen LogP contribution in [0, 0.1) is 12.7 Å². The van der Waals surface area contributed by atoms with Crippen molar-refractivity contribution in [2.24, 2.45) is 0 Å². The largest absolute Gasteiger partial charge is 0.497 e. The van der Waals surface area contributed by atoms with E-state index < -0.39 is 5.82 Å². The highest BCUT2D eigenvalue weighted by Crippen LogP contribution is 2.39. The summed E-state index contributed by atoms with van der Waals surface area (Å²) in [5.41, 5.74) is 0.881. The van der Waals surface area contributed by atoms with Gasteiger partial charge in [-0.1, -0.05) is 12.8 Å². The van der Waals surface area contributed by atoms with E-state index in [2.05, 4.69) is 9.88 Å². The minimum Gasteiger partial charge on any atom is -0.497 e. The Labute approximate surface area is 180 Å². The first kappa shape index (κ1) is 21.1. The Morgan fingerprint density at radius 1 is 1.13 bits per heavy atom. The van der Waals surface area contributed by atoms with Crippen molar-refractivity contribution in [2.45, 2.75) is 38.6 Å². The predicted molar refractivity (Wildman–Crippen MR) is 115 cm³/mol. The highest BCUT2D eigenvalue weighted by molar-refractivity contribution is 7.17. The molecule has 4 rings (SSSR count). The first-order chi connectivity index (χ1) is 14.5. The van der Waals surface area contributed by atoms with Gasteiger partial charge in [0.1, 0.15) is 27.2 Å². The smallest absolute Gasteiger partial charge is 0.265 e. The van der Waals surface area contributed by atoms with Crippen LogP contribution in [-0.4, -0.2) is 67.1 Å². The molecule has 8 heteroatoms. The van der Waals surface area contributed by atoms with Gasteiger partial charge in [-0.15, -0.1) is 11.3 Å². The Kier molecular flexibility index (Phi) is 6.24. The van der Waals surface area contributed by atoms with Crippen molar-refractivity contribution < 1.29 is 18.7 Å². The van der Waals surface area contributed by atoms with E-state index in [-0.39, 0.29) is 11.5 Å². The number of benzene rings is 1. The highest BCUT2D eigenvalue weighted by atomic mass is 32.1. The Bertz CT molecular complexity index is 919. The summed E-state index contributed by atoms with van der Waals surface area (Å²) < 4.78 is 25.2. The fourth-order valence-electron chi connectivity index (χ4n) is 4.45. The third-order valence-electron chi connectivity index (χ3n) is 6.13. The standard InChI is InChI=1S/C22H28FN3O3S/c1-14-20(22(27)26-10-8-25(9-11-26)15-6-4-5-7-15)30-21(24-14)19-17(23)12-16(28-2)13-18(19)29-3/h12-13,15H,4-11H2,1-3H3. The lowest BCUT2D eigenvalue weighted by Crippen LogP contribution is -2.51. The van der Waals surface area contributed by atoms with Gasteiger partial charge in [0, 0.05) is 44.4 Å². The van der Waals surface area contributed by atoms with Gasteiger partial charge in [-0.25, -0.2) is 9.37 Å². The molecule has 162 valence electrons. The molecule has 0 spiro atoms. The van der Waals surface area contributed by atoms with Crippen LogP contribution in [0.5, 0.6) is 11.5 Å². The summed E-state index contributed by atoms with van der Waals surface area (Å²) in [6.45, 7) is 5.09. The zero-order valence-electron chi connectivity index (χ0n) is 17.7. The van der Waals surface area contributed by atoms with Gasteiger partial charge in [-0.2, -0.15) is 0 Å². The summed E-state index contributed by atoms with van der Waals surface area (Å²) in [7, 11) is 2.96. The van der Waals surface area contributed by atoms with E-state index in [1.54, 1.807) is 13.0 Å². The van der Waals surface area contributed by atoms with Crippen LogP contribution < -0.4 is 9.47 Å². The Balaban J connectivity index is 1.53. The Morgan fingerprint density at radius 3 is 2.47 bits per heavy atom. The van der Waals surface area contributed by atoms with Crippen molar-refractivity contribution in [3.8, 4) is 22.1 Å². The second-order valence-electron chi connectivity index (χ2n) is 7.89. The number of piperazine rings is 1. The van der Waals surface area contributed by atoms with E-state index in [1.165, 1.54) is 57.3 Å². The zero-order chi connectivity index (χ0) is 21.3. The van der Waals surface area contributed by atoms with Crippen LogP contribution in [0.25, 0.3) is 10.6 Å². The molecule has 6 nitrogen and oxygen atoms in total. The second-order valence-corrected chi connectivity index (χ2v) is 8.89. The average molecular weight is 434 g/mol. The van der Waals surface area contributed by atoms with Crippen LogP contribution >= 0.6 is 11.3 Å². The molecule has 1 aromatic heterocycles. The molecule has 1 saturated heterocycles. The number of ether oxygens (including phenoxy) is 2. The zero-order valence-corrected chi connectivity index (χ0v) is 18.6. The van der Waals surface area contributed by atoms with Gasteiger partial charge in [0.25, 0.3) is 5.91 Å². The van der Waals surface area contributed by atoms with Gasteiger partial charge in [-0.3, -0.25) is 9.69 Å². The monoisotopic (exact) mass is 433 g/mol. The molecule has 0 atom stereocenters. The molecule has 0 N–H and O–H groups in total. The van der Waals surface area contributed by atoms with Crippen LogP contribution in [0.15, 0.2) is 12.1 Å². The van der Waals surface area contributed by atoms with E-state index in [0.717, 1.165) is 26.2 Å². The molecule has 0 unspecified atom stereocenters. The number of nitrogens with zero attached hydrogens (tertiary/aromatic N) is 3. The number of carbonyl (C=O) groups excluding carboxylic acids is 1. The molecule has 1 aliphatic carbocycles. The minimum absolute atomic E-state index is 0.0183. The van der Waals surface area contributed by atoms with E-state index in [4.69, 9.17) is 9.47 Å². The molecule has 2 aromatic rings. The Hall–Kier alpha value is -2.19. The van der Waals surface area contributed by atoms with Crippen LogP contribution in [0.4, 0.5) is 4.39 Å². The Morgan fingerprint density at radius 2 is 1.83 bits per heavy atom. The summed E-state index contributed by atoms with van der Waals surface area (Å²) in [4.78, 5) is 22.7. The number of halogens is 1. The lowest BCUT2D eigenvalue weighted by Gasteiger charge is -2.37. The normalized spacial score (nSPS) is 18.1. The van der Waals surface area contributed by atoms with E-state index in [9.17, 15) is 9.18 Å². The van der Waals surface area contributed by atoms with Crippen LogP contribution in [0.1, 0.15) is 41.0 Å². The molecule has 0 bridgehead atoms. The summed E-state index contributed by atoms with van der Waals surface area (Å²) >= 11 is 1.22. The molecular formula is C22H28FN3O3S. The van der Waals surface area contributed by atoms with Crippen LogP contribution in [-0.2, 0) is 0 Å². The first-order valence-corrected chi connectivity index (χ1v) is 11.3. The lowest BCUT2D eigenvalue weighted by atomic mass is 10.1. The minimum atomic E-state index is -0.482. The average Bonchev–Trinajstić information content (AvgIpc) is 3.42. The number of hydrogen-bond acceptors (Lipinski definition) is 6. The number of rotatable bonds is 5. The maximum atomic E-state index is 14.8. The highest BCUT2D eigenvalue weighted by Gasteiger charge is 2.30. The summed E-state index contributed by atoms with van der Waals surface area (Å²) in [5.74, 6) is 0.210. The molecule has 30 heavy (non-hydrogen) atoms. The number of aromatic nitrogens is 1. The number of carbonyl (C=O) groups is 1. The third kappa shape index (κ3) is 4.03. The second kappa shape index (κ2) is 8.89. The SMILES string of the molecule is COc1cc(F)c(-c2nc(C)c(C(=O)N3CCN(C4CCCC4)CC3)s2)c(OC)c1. The lowest BCUT2D eigenvalue weighted by molar-refractivity contribution is 0.0577. The van der Waals surface area contributed by atoms with Crippen molar-refractivity contribution in [3.05, 3.63) is 28.5 Å². The molecule has 0 radical (unpaired) electrons. The van der Waals surface area contributed by atoms with Gasteiger partial charge in [0.05, 0.1) is 25.5 Å². The number of thiazole rings is 1. The van der Waals surface area contributed by atoms with Gasteiger partial charge in [0.2, 0.25) is 0 Å². The fourth-order valence-corrected chi connectivity index (χ4v) is 5.53. The van der Waals surface area contributed by atoms with Gasteiger partial charge < -0.3 is 14.4 Å². The maximum Gasteiger partial charge on any atom is 0.265 e. The fraction of sp³-hybridized carbons (Fsp3) is 0.545. The third-order valence-corrected chi connectivity index (χ3v) is 7.29. The van der Waals surface area contributed by atoms with E-state index in [1.807, 2.05) is 4.90 Å². The van der Waals surface area contributed by atoms with E-state index >= 15 is 0 Å². The van der Waals surface area contributed by atoms with E-state index in [0.29, 0.717) is 33.1 Å². The number of aryl methyl sites for hydroxylation is 1. The summed E-state index contributed by atoms with van der Waals surface area (Å²) in [6, 6.07) is 3.61. The molecule has 1 aromatic carbocycles. The van der Waals surface area contributed by atoms with Crippen LogP contribution in [0.3, 0.4) is 0 Å². The molecule has 1 aliphatic heterocycles. The van der Waals surface area contributed by atoms with Crippen LogP contribution in [0.2, 0.25) is 0 Å². The summed E-state index contributed by atoms with van der Waals surface area (Å²) in [6.07, 6.45) is 5.19. The number of amides is 1. The van der Waals surface area contributed by atoms with Gasteiger partial charge in [-0.05, 0) is 19.8 Å². The summed E-state index contributed by atoms with van der Waals surface area (Å²) in [5, 5.41) is 0.442. The predicted octanol–water partition coefficient (Wildman–Crippen LogP) is 3.98. The van der Waals surface area contributed by atoms with Crippen molar-refractivity contribution in [1.29, 1.82) is 0 Å². The molecule has 2 fully saturated rings. The van der Waals surface area contributed by atoms with Crippen molar-refractivity contribution >= 4 is 17.2 Å². The quantitative estimate of drug-likeness (QED) is 0.714. The van der Waals surface area contributed by atoms with Crippen molar-refractivity contribution in [2.75, 3.05) is 40.4 Å². The molecule has 2 aliphatic rings. The molecular weight excluding hydrogens is 405 g/mol. The van der Waals surface area contributed by atoms with Gasteiger partial charge >= 0.3 is 0 Å². The number of hydrogen-bond donors (Lipinski definition) is 0. The van der Waals surface area contributed by atoms with Crippen molar-refractivity contribution in [1.82, 2.24) is 14.8 Å². The van der Waals surface area contributed by atoms with Gasteiger partial charge in [0.15, 0.2) is 0 Å². The maximum absolute atomic E-state index is 14.8. The molecule has 1 amide bonds.